The Morgan fingerprint density at radius 2 is 1.82 bits per heavy atom. The summed E-state index contributed by atoms with van der Waals surface area (Å²) in [5.74, 6) is 0.287. The number of halogens is 1. The molecule has 1 aromatic heterocycles. The Labute approximate surface area is 145 Å². The van der Waals surface area contributed by atoms with Crippen molar-refractivity contribution in [2.75, 3.05) is 5.32 Å². The summed E-state index contributed by atoms with van der Waals surface area (Å²) in [6.07, 6.45) is 7.22. The number of anilines is 1. The summed E-state index contributed by atoms with van der Waals surface area (Å²) in [4.78, 5) is 8.04. The van der Waals surface area contributed by atoms with Crippen molar-refractivity contribution in [1.82, 2.24) is 9.97 Å². The molecule has 0 saturated carbocycles. The number of nitrogens with zero attached hydrogens (tertiary/aromatic N) is 2. The third-order valence-corrected chi connectivity index (χ3v) is 2.74. The normalized spacial score (nSPS) is 11.5. The molecule has 0 unspecified atom stereocenters. The first-order chi connectivity index (χ1) is 10.1. The fourth-order valence-corrected chi connectivity index (χ4v) is 1.85. The Bertz CT molecular complexity index is 627. The number of rotatable bonds is 2. The van der Waals surface area contributed by atoms with E-state index in [4.69, 9.17) is 11.6 Å². The van der Waals surface area contributed by atoms with Crippen LogP contribution in [-0.2, 0) is 17.1 Å². The number of aliphatic hydroxyl groups excluding tert-OH is 1. The van der Waals surface area contributed by atoms with E-state index >= 15 is 0 Å². The molecule has 116 valence electrons. The molecule has 1 aromatic carbocycles. The standard InChI is InChI=1S/C11H10ClN3O.C5H5.Fe/c1-7-6-9(12)14-11(13-7)15-10(16)8-4-2-3-5-8;1-2-4-5-3-1;/h2-6,16H,1H3,(H,13,14,15);1-5H;/q;-1;. The van der Waals surface area contributed by atoms with Gasteiger partial charge in [0.1, 0.15) is 5.15 Å². The number of hydrogen-bond donors (Lipinski definition) is 2. The molecule has 1 aliphatic carbocycles. The third-order valence-electron chi connectivity index (χ3n) is 2.54. The molecule has 2 aromatic rings. The predicted octanol–water partition coefficient (Wildman–Crippen LogP) is 4.15. The van der Waals surface area contributed by atoms with E-state index in [0.29, 0.717) is 10.7 Å². The quantitative estimate of drug-likeness (QED) is 0.367. The summed E-state index contributed by atoms with van der Waals surface area (Å²) in [6, 6.07) is 11.6. The van der Waals surface area contributed by atoms with Gasteiger partial charge >= 0.3 is 0 Å². The number of hydrogen-bond acceptors (Lipinski definition) is 4. The van der Waals surface area contributed by atoms with Crippen molar-refractivity contribution in [3.63, 3.8) is 0 Å². The van der Waals surface area contributed by atoms with E-state index in [-0.39, 0.29) is 28.9 Å². The van der Waals surface area contributed by atoms with E-state index in [0.717, 1.165) is 5.69 Å². The molecular formula is C16H15ClFeN3O-. The molecule has 2 N–H and O–H groups in total. The van der Waals surface area contributed by atoms with Crippen LogP contribution in [0.2, 0.25) is 5.15 Å². The minimum atomic E-state index is 0. The summed E-state index contributed by atoms with van der Waals surface area (Å²) in [6.45, 7) is 1.80. The zero-order chi connectivity index (χ0) is 15.1. The summed E-state index contributed by atoms with van der Waals surface area (Å²) in [5, 5.41) is 12.8. The molecule has 0 spiro atoms. The van der Waals surface area contributed by atoms with Crippen molar-refractivity contribution in [3.05, 3.63) is 83.0 Å². The molecule has 22 heavy (non-hydrogen) atoms. The number of aromatic nitrogens is 2. The van der Waals surface area contributed by atoms with Gasteiger partial charge in [0.2, 0.25) is 5.95 Å². The van der Waals surface area contributed by atoms with Gasteiger partial charge in [0, 0.05) is 28.3 Å². The van der Waals surface area contributed by atoms with Crippen molar-refractivity contribution in [3.8, 4) is 0 Å². The van der Waals surface area contributed by atoms with Crippen molar-refractivity contribution >= 4 is 17.5 Å². The van der Waals surface area contributed by atoms with Crippen LogP contribution in [0, 0.1) is 6.92 Å². The Kier molecular flexibility index (Phi) is 7.53. The first-order valence-corrected chi connectivity index (χ1v) is 6.76. The largest absolute Gasteiger partial charge is 0.494 e. The second kappa shape index (κ2) is 9.15. The number of allylic oxidation sites excluding steroid dienone is 5. The Morgan fingerprint density at radius 3 is 2.32 bits per heavy atom. The van der Waals surface area contributed by atoms with E-state index in [1.54, 1.807) is 25.1 Å². The smallest absolute Gasteiger partial charge is 0.231 e. The first-order valence-electron chi connectivity index (χ1n) is 6.38. The van der Waals surface area contributed by atoms with Crippen molar-refractivity contribution in [1.29, 1.82) is 0 Å². The minimum Gasteiger partial charge on any atom is -0.494 e. The van der Waals surface area contributed by atoms with Crippen molar-refractivity contribution in [2.45, 2.75) is 6.92 Å². The van der Waals surface area contributed by atoms with Gasteiger partial charge in [0.15, 0.2) is 5.88 Å². The van der Waals surface area contributed by atoms with Gasteiger partial charge in [-0.05, 0) is 25.1 Å². The second-order valence-electron chi connectivity index (χ2n) is 4.27. The maximum absolute atomic E-state index is 9.73. The van der Waals surface area contributed by atoms with Crippen molar-refractivity contribution in [2.24, 2.45) is 0 Å². The van der Waals surface area contributed by atoms with Crippen LogP contribution in [0.4, 0.5) is 5.95 Å². The van der Waals surface area contributed by atoms with Crippen LogP contribution >= 0.6 is 11.6 Å². The van der Waals surface area contributed by atoms with Gasteiger partial charge in [0.05, 0.1) is 0 Å². The van der Waals surface area contributed by atoms with Crippen LogP contribution in [0.25, 0.3) is 0 Å². The average molecular weight is 357 g/mol. The van der Waals surface area contributed by atoms with Crippen LogP contribution in [0.15, 0.2) is 72.2 Å². The molecule has 1 heterocycles. The van der Waals surface area contributed by atoms with Crippen LogP contribution in [0.1, 0.15) is 5.69 Å². The Hall–Kier alpha value is -1.94. The SMILES string of the molecule is Cc1cc(Cl)nc(NC(O)=C2C=CC=C2)n1.[Fe].c1cc[cH-]c1. The third kappa shape index (κ3) is 5.82. The van der Waals surface area contributed by atoms with Crippen LogP contribution in [0.3, 0.4) is 0 Å². The molecule has 1 aliphatic rings. The van der Waals surface area contributed by atoms with Crippen LogP contribution in [0.5, 0.6) is 0 Å². The molecule has 0 saturated heterocycles. The van der Waals surface area contributed by atoms with Gasteiger partial charge in [-0.3, -0.25) is 5.32 Å². The Morgan fingerprint density at radius 1 is 1.18 bits per heavy atom. The summed E-state index contributed by atoms with van der Waals surface area (Å²) in [7, 11) is 0. The molecule has 0 atom stereocenters. The van der Waals surface area contributed by atoms with Gasteiger partial charge in [-0.1, -0.05) is 23.8 Å². The fraction of sp³-hybridized carbons (Fsp3) is 0.0625. The molecule has 3 rings (SSSR count). The molecule has 0 amide bonds. The first kappa shape index (κ1) is 18.1. The van der Waals surface area contributed by atoms with Crippen LogP contribution in [-0.4, -0.2) is 15.1 Å². The minimum absolute atomic E-state index is 0. The monoisotopic (exact) mass is 356 g/mol. The molecule has 6 heteroatoms. The van der Waals surface area contributed by atoms with Gasteiger partial charge in [-0.15, -0.1) is 0 Å². The average Bonchev–Trinajstić information content (AvgIpc) is 3.14. The van der Waals surface area contributed by atoms with E-state index in [9.17, 15) is 5.11 Å². The molecule has 4 nitrogen and oxygen atoms in total. The Balaban J connectivity index is 0.000000344. The van der Waals surface area contributed by atoms with Crippen LogP contribution < -0.4 is 5.32 Å². The molecule has 0 aliphatic heterocycles. The maximum atomic E-state index is 9.73. The zero-order valence-electron chi connectivity index (χ0n) is 11.8. The van der Waals surface area contributed by atoms with E-state index < -0.39 is 0 Å². The number of aryl methyl sites for hydroxylation is 1. The van der Waals surface area contributed by atoms with Gasteiger partial charge in [-0.2, -0.15) is 18.2 Å². The van der Waals surface area contributed by atoms with Gasteiger partial charge < -0.3 is 5.11 Å². The van der Waals surface area contributed by atoms with E-state index in [1.807, 2.05) is 42.5 Å². The van der Waals surface area contributed by atoms with E-state index in [2.05, 4.69) is 15.3 Å². The topological polar surface area (TPSA) is 58.0 Å². The molecule has 0 bridgehead atoms. The van der Waals surface area contributed by atoms with Gasteiger partial charge in [-0.25, -0.2) is 22.1 Å². The van der Waals surface area contributed by atoms with E-state index in [1.165, 1.54) is 0 Å². The summed E-state index contributed by atoms with van der Waals surface area (Å²) >= 11 is 5.78. The predicted molar refractivity (Wildman–Crippen MR) is 85.4 cm³/mol. The van der Waals surface area contributed by atoms with Crippen molar-refractivity contribution < 1.29 is 22.2 Å². The number of aliphatic hydroxyl groups is 1. The summed E-state index contributed by atoms with van der Waals surface area (Å²) < 4.78 is 0. The molecule has 0 fully saturated rings. The second-order valence-corrected chi connectivity index (χ2v) is 4.65. The maximum Gasteiger partial charge on any atom is 0.231 e. The summed E-state index contributed by atoms with van der Waals surface area (Å²) in [5.41, 5.74) is 1.42. The molecule has 0 radical (unpaired) electrons. The van der Waals surface area contributed by atoms with Gasteiger partial charge in [0.25, 0.3) is 0 Å². The zero-order valence-corrected chi connectivity index (χ0v) is 13.7. The molecular weight excluding hydrogens is 341 g/mol. The number of nitrogens with one attached hydrogen (secondary N) is 1. The fourth-order valence-electron chi connectivity index (χ4n) is 1.62.